The smallest absolute Gasteiger partial charge is 0.744 e. The molecule has 0 amide bonds. The molecule has 0 saturated carbocycles. The van der Waals surface area contributed by atoms with Crippen LogP contribution in [-0.4, -0.2) is 50.6 Å². The van der Waals surface area contributed by atoms with Gasteiger partial charge in [-0.3, -0.25) is 0 Å². The number of aliphatic hydroxyl groups is 1. The van der Waals surface area contributed by atoms with Gasteiger partial charge in [0.05, 0.1) is 14.7 Å². The van der Waals surface area contributed by atoms with Crippen LogP contribution in [0.3, 0.4) is 0 Å². The summed E-state index contributed by atoms with van der Waals surface area (Å²) < 4.78 is 93.5. The van der Waals surface area contributed by atoms with Gasteiger partial charge in [-0.25, -0.2) is 25.3 Å². The van der Waals surface area contributed by atoms with Gasteiger partial charge >= 0.3 is 17.1 Å². The molecule has 0 heterocycles. The predicted molar refractivity (Wildman–Crippen MR) is 130 cm³/mol. The van der Waals surface area contributed by atoms with E-state index in [2.05, 4.69) is 0 Å². The van der Waals surface area contributed by atoms with E-state index in [0.717, 1.165) is 16.7 Å². The van der Waals surface area contributed by atoms with Crippen molar-refractivity contribution in [2.45, 2.75) is 42.4 Å². The van der Waals surface area contributed by atoms with Gasteiger partial charge in [0.15, 0.2) is 0 Å². The average Bonchev–Trinajstić information content (AvgIpc) is 2.74. The van der Waals surface area contributed by atoms with Crippen molar-refractivity contribution in [1.29, 1.82) is 0 Å². The number of hydrogen-bond donors (Lipinski definition) is 1. The average molecular weight is 616 g/mol. The van der Waals surface area contributed by atoms with E-state index < -0.39 is 30.4 Å². The van der Waals surface area contributed by atoms with Gasteiger partial charge in [0.1, 0.15) is 30.4 Å². The van der Waals surface area contributed by atoms with Crippen LogP contribution < -0.4 is 0 Å². The second kappa shape index (κ2) is 16.7. The van der Waals surface area contributed by atoms with E-state index in [1.165, 1.54) is 36.4 Å². The van der Waals surface area contributed by atoms with Gasteiger partial charge < -0.3 is 18.8 Å². The summed E-state index contributed by atoms with van der Waals surface area (Å²) in [6, 6.07) is 17.3. The van der Waals surface area contributed by atoms with Gasteiger partial charge in [-0.05, 0) is 64.1 Å². The molecule has 0 unspecified atom stereocenters. The van der Waals surface area contributed by atoms with E-state index in [-0.39, 0.29) is 38.4 Å². The first-order valence-corrected chi connectivity index (χ1v) is 14.3. The Balaban J connectivity index is 0. The molecule has 3 aromatic carbocycles. The van der Waals surface area contributed by atoms with E-state index in [1.807, 2.05) is 20.8 Å². The van der Waals surface area contributed by atoms with Gasteiger partial charge in [0.2, 0.25) is 0 Å². The molecule has 0 saturated heterocycles. The molecular formula is C23H27FeO10S3. The van der Waals surface area contributed by atoms with Crippen LogP contribution in [0.5, 0.6) is 0 Å². The van der Waals surface area contributed by atoms with Crippen molar-refractivity contribution < 1.29 is 61.1 Å². The minimum absolute atomic E-state index is 0. The third kappa shape index (κ3) is 16.3. The number of rotatable bonds is 3. The van der Waals surface area contributed by atoms with E-state index in [1.54, 1.807) is 43.3 Å². The summed E-state index contributed by atoms with van der Waals surface area (Å²) >= 11 is 0. The Morgan fingerprint density at radius 2 is 0.649 bits per heavy atom. The Hall–Kier alpha value is -2.13. The van der Waals surface area contributed by atoms with Crippen molar-refractivity contribution in [3.05, 3.63) is 89.5 Å². The quantitative estimate of drug-likeness (QED) is 0.338. The maximum Gasteiger partial charge on any atom is 3.00 e. The first-order valence-electron chi connectivity index (χ1n) is 10.1. The number of aliphatic hydroxyl groups excluding tert-OH is 1. The summed E-state index contributed by atoms with van der Waals surface area (Å²) in [7, 11) is -12.8. The zero-order valence-corrected chi connectivity index (χ0v) is 23.9. The van der Waals surface area contributed by atoms with Crippen LogP contribution in [0, 0.1) is 20.8 Å². The van der Waals surface area contributed by atoms with E-state index >= 15 is 0 Å². The Bertz CT molecular complexity index is 1210. The van der Waals surface area contributed by atoms with Gasteiger partial charge in [0.25, 0.3) is 0 Å². The van der Waals surface area contributed by atoms with Crippen molar-refractivity contribution >= 4 is 30.4 Å². The second-order valence-electron chi connectivity index (χ2n) is 7.12. The Labute approximate surface area is 229 Å². The fourth-order valence-electron chi connectivity index (χ4n) is 2.11. The molecule has 1 radical (unpaired) electrons. The number of hydrogen-bond acceptors (Lipinski definition) is 10. The summed E-state index contributed by atoms with van der Waals surface area (Å²) in [5, 5.41) is 7.57. The third-order valence-electron chi connectivity index (χ3n) is 3.93. The molecule has 0 aromatic heterocycles. The van der Waals surface area contributed by atoms with E-state index in [4.69, 9.17) is 5.11 Å². The van der Waals surface area contributed by atoms with Crippen LogP contribution in [0.1, 0.15) is 23.6 Å². The molecule has 0 bridgehead atoms. The Morgan fingerprint density at radius 3 is 0.757 bits per heavy atom. The minimum atomic E-state index is -4.27. The molecule has 205 valence electrons. The molecule has 3 aromatic rings. The SMILES string of the molecule is CCO.Cc1ccc(S(=O)(=O)[O-])cc1.Cc1ccc(S(=O)(=O)[O-])cc1.Cc1ccc(S(=O)(=O)[O-])cc1.[Fe+3]. The van der Waals surface area contributed by atoms with Crippen LogP contribution in [-0.2, 0) is 47.4 Å². The summed E-state index contributed by atoms with van der Waals surface area (Å²) in [5.74, 6) is 0. The minimum Gasteiger partial charge on any atom is -0.744 e. The first-order chi connectivity index (χ1) is 16.4. The van der Waals surface area contributed by atoms with E-state index in [9.17, 15) is 38.9 Å². The summed E-state index contributed by atoms with van der Waals surface area (Å²) in [4.78, 5) is -0.533. The van der Waals surface area contributed by atoms with Crippen molar-refractivity contribution in [2.75, 3.05) is 6.61 Å². The Kier molecular flexibility index (Phi) is 16.7. The van der Waals surface area contributed by atoms with Crippen LogP contribution in [0.2, 0.25) is 0 Å². The summed E-state index contributed by atoms with van der Waals surface area (Å²) in [6.07, 6.45) is 0. The molecule has 14 heteroatoms. The normalized spacial score (nSPS) is 10.7. The molecule has 0 spiro atoms. The Morgan fingerprint density at radius 1 is 0.514 bits per heavy atom. The fraction of sp³-hybridized carbons (Fsp3) is 0.217. The largest absolute Gasteiger partial charge is 3.00 e. The maximum absolute atomic E-state index is 10.4. The molecule has 0 aliphatic heterocycles. The molecule has 10 nitrogen and oxygen atoms in total. The van der Waals surface area contributed by atoms with Gasteiger partial charge in [-0.15, -0.1) is 0 Å². The van der Waals surface area contributed by atoms with Crippen LogP contribution in [0.4, 0.5) is 0 Å². The zero-order valence-electron chi connectivity index (χ0n) is 20.3. The predicted octanol–water partition coefficient (Wildman–Crippen LogP) is 2.69. The molecule has 3 rings (SSSR count). The molecular weight excluding hydrogens is 588 g/mol. The number of aryl methyl sites for hydroxylation is 3. The van der Waals surface area contributed by atoms with Crippen LogP contribution >= 0.6 is 0 Å². The standard InChI is InChI=1S/3C7H8O3S.C2H6O.Fe/c3*1-6-2-4-7(5-3-6)11(8,9)10;1-2-3;/h3*2-5H,1H3,(H,8,9,10);3H,2H2,1H3;/q;;;;+3/p-3. The molecule has 37 heavy (non-hydrogen) atoms. The van der Waals surface area contributed by atoms with E-state index in [0.29, 0.717) is 0 Å². The summed E-state index contributed by atoms with van der Waals surface area (Å²) in [5.41, 5.74) is 2.78. The maximum atomic E-state index is 10.4. The molecule has 0 aliphatic rings. The molecule has 1 N–H and O–H groups in total. The molecule has 0 atom stereocenters. The third-order valence-corrected chi connectivity index (χ3v) is 6.48. The van der Waals surface area contributed by atoms with Crippen molar-refractivity contribution in [3.63, 3.8) is 0 Å². The second-order valence-corrected chi connectivity index (χ2v) is 11.3. The van der Waals surface area contributed by atoms with Crippen molar-refractivity contribution in [3.8, 4) is 0 Å². The van der Waals surface area contributed by atoms with Crippen molar-refractivity contribution in [2.24, 2.45) is 0 Å². The van der Waals surface area contributed by atoms with Crippen LogP contribution in [0.15, 0.2) is 87.5 Å². The van der Waals surface area contributed by atoms with Gasteiger partial charge in [-0.1, -0.05) is 53.1 Å². The monoisotopic (exact) mass is 615 g/mol. The molecule has 0 aliphatic carbocycles. The van der Waals surface area contributed by atoms with Crippen LogP contribution in [0.25, 0.3) is 0 Å². The first kappa shape index (κ1) is 37.0. The fourth-order valence-corrected chi connectivity index (χ4v) is 3.52. The topological polar surface area (TPSA) is 192 Å². The zero-order chi connectivity index (χ0) is 28.2. The number of benzene rings is 3. The van der Waals surface area contributed by atoms with Gasteiger partial charge in [-0.2, -0.15) is 0 Å². The van der Waals surface area contributed by atoms with Gasteiger partial charge in [0, 0.05) is 6.61 Å². The summed E-state index contributed by atoms with van der Waals surface area (Å²) in [6.45, 7) is 7.39. The molecule has 0 fully saturated rings. The van der Waals surface area contributed by atoms with Crippen molar-refractivity contribution in [1.82, 2.24) is 0 Å².